The number of carbonyl (C=O) groups excluding carboxylic acids is 1. The lowest BCUT2D eigenvalue weighted by atomic mass is 10.0. The molecule has 6 heteroatoms. The summed E-state index contributed by atoms with van der Waals surface area (Å²) in [5.74, 6) is -3.08. The van der Waals surface area contributed by atoms with Gasteiger partial charge in [-0.2, -0.15) is 0 Å². The smallest absolute Gasteiger partial charge is 0.198 e. The number of nitrogen functional groups attached to an aromatic ring is 1. The van der Waals surface area contributed by atoms with Gasteiger partial charge in [0.25, 0.3) is 0 Å². The molecule has 0 saturated heterocycles. The maximum Gasteiger partial charge on any atom is 0.198 e. The van der Waals surface area contributed by atoms with Gasteiger partial charge in [-0.05, 0) is 46.3 Å². The summed E-state index contributed by atoms with van der Waals surface area (Å²) in [5, 5.41) is 0. The van der Waals surface area contributed by atoms with Gasteiger partial charge in [-0.25, -0.2) is 13.2 Å². The highest BCUT2D eigenvalue weighted by molar-refractivity contribution is 9.10. The van der Waals surface area contributed by atoms with E-state index in [-0.39, 0.29) is 15.7 Å². The summed E-state index contributed by atoms with van der Waals surface area (Å²) in [5.41, 5.74) is 4.82. The van der Waals surface area contributed by atoms with Gasteiger partial charge in [0.05, 0.1) is 10.0 Å². The molecule has 0 heterocycles. The Hall–Kier alpha value is -1.82. The molecule has 98 valence electrons. The molecule has 0 saturated carbocycles. The van der Waals surface area contributed by atoms with Crippen molar-refractivity contribution in [1.82, 2.24) is 0 Å². The second-order valence-corrected chi connectivity index (χ2v) is 4.66. The van der Waals surface area contributed by atoms with E-state index in [1.165, 1.54) is 0 Å². The summed E-state index contributed by atoms with van der Waals surface area (Å²) in [6, 6.07) is 4.72. The lowest BCUT2D eigenvalue weighted by molar-refractivity contribution is 0.103. The maximum atomic E-state index is 13.6. The molecule has 2 aromatic carbocycles. The average Bonchev–Trinajstić information content (AvgIpc) is 2.33. The standard InChI is InChI=1S/C13H7BrF3NO/c14-9-5-10(16)8(4-11(9)17)13(19)7-2-1-6(15)3-12(7)18/h1-5H,18H2. The fourth-order valence-corrected chi connectivity index (χ4v) is 1.90. The Kier molecular flexibility index (Phi) is 3.61. The molecule has 0 atom stereocenters. The minimum absolute atomic E-state index is 0.0815. The fourth-order valence-electron chi connectivity index (χ4n) is 1.58. The van der Waals surface area contributed by atoms with E-state index in [4.69, 9.17) is 5.73 Å². The number of benzene rings is 2. The number of hydrogen-bond acceptors (Lipinski definition) is 2. The van der Waals surface area contributed by atoms with Crippen LogP contribution in [0, 0.1) is 17.5 Å². The Morgan fingerprint density at radius 2 is 1.68 bits per heavy atom. The van der Waals surface area contributed by atoms with E-state index in [0.29, 0.717) is 0 Å². The second kappa shape index (κ2) is 5.05. The van der Waals surface area contributed by atoms with Gasteiger partial charge in [0.1, 0.15) is 17.5 Å². The molecule has 2 rings (SSSR count). The number of rotatable bonds is 2. The molecule has 2 nitrogen and oxygen atoms in total. The van der Waals surface area contributed by atoms with Crippen molar-refractivity contribution in [3.8, 4) is 0 Å². The fraction of sp³-hybridized carbons (Fsp3) is 0. The third kappa shape index (κ3) is 2.63. The minimum Gasteiger partial charge on any atom is -0.398 e. The topological polar surface area (TPSA) is 43.1 Å². The number of hydrogen-bond donors (Lipinski definition) is 1. The van der Waals surface area contributed by atoms with Gasteiger partial charge in [-0.3, -0.25) is 4.79 Å². The number of halogens is 4. The largest absolute Gasteiger partial charge is 0.398 e. The van der Waals surface area contributed by atoms with Crippen LogP contribution < -0.4 is 5.73 Å². The first-order chi connectivity index (χ1) is 8.90. The molecule has 0 aliphatic rings. The summed E-state index contributed by atoms with van der Waals surface area (Å²) >= 11 is 2.81. The molecule has 19 heavy (non-hydrogen) atoms. The Morgan fingerprint density at radius 1 is 1.00 bits per heavy atom. The molecular formula is C13H7BrF3NO. The monoisotopic (exact) mass is 329 g/mol. The summed E-state index contributed by atoms with van der Waals surface area (Å²) in [4.78, 5) is 12.0. The van der Waals surface area contributed by atoms with E-state index in [9.17, 15) is 18.0 Å². The van der Waals surface area contributed by atoms with Crippen LogP contribution in [0.2, 0.25) is 0 Å². The molecule has 2 N–H and O–H groups in total. The van der Waals surface area contributed by atoms with Crippen LogP contribution in [-0.4, -0.2) is 5.78 Å². The molecule has 0 fully saturated rings. The zero-order chi connectivity index (χ0) is 14.2. The number of carbonyl (C=O) groups is 1. The van der Waals surface area contributed by atoms with Crippen LogP contribution in [0.3, 0.4) is 0 Å². The van der Waals surface area contributed by atoms with Crippen LogP contribution in [0.4, 0.5) is 18.9 Å². The van der Waals surface area contributed by atoms with Gasteiger partial charge in [0.15, 0.2) is 5.78 Å². The summed E-state index contributed by atoms with van der Waals surface area (Å²) in [7, 11) is 0. The molecule has 0 aliphatic heterocycles. The van der Waals surface area contributed by atoms with Gasteiger partial charge in [0, 0.05) is 11.3 Å². The third-order valence-electron chi connectivity index (χ3n) is 2.51. The molecule has 0 aliphatic carbocycles. The highest BCUT2D eigenvalue weighted by atomic mass is 79.9. The molecular weight excluding hydrogens is 323 g/mol. The van der Waals surface area contributed by atoms with E-state index >= 15 is 0 Å². The van der Waals surface area contributed by atoms with E-state index in [0.717, 1.165) is 30.3 Å². The van der Waals surface area contributed by atoms with E-state index in [1.54, 1.807) is 0 Å². The molecule has 0 bridgehead atoms. The van der Waals surface area contributed by atoms with Crippen LogP contribution in [0.5, 0.6) is 0 Å². The first kappa shape index (κ1) is 13.6. The van der Waals surface area contributed by atoms with E-state index in [2.05, 4.69) is 15.9 Å². The van der Waals surface area contributed by atoms with Crippen LogP contribution in [-0.2, 0) is 0 Å². The van der Waals surface area contributed by atoms with Gasteiger partial charge in [0.2, 0.25) is 0 Å². The molecule has 0 radical (unpaired) electrons. The zero-order valence-corrected chi connectivity index (χ0v) is 11.0. The van der Waals surface area contributed by atoms with Crippen molar-refractivity contribution in [3.63, 3.8) is 0 Å². The Labute approximate surface area is 115 Å². The van der Waals surface area contributed by atoms with Crippen molar-refractivity contribution in [2.75, 3.05) is 5.73 Å². The Bertz CT molecular complexity index is 673. The summed E-state index contributed by atoms with van der Waals surface area (Å²) in [6.07, 6.45) is 0. The van der Waals surface area contributed by atoms with E-state index < -0.39 is 28.8 Å². The van der Waals surface area contributed by atoms with Crippen LogP contribution in [0.1, 0.15) is 15.9 Å². The molecule has 2 aromatic rings. The normalized spacial score (nSPS) is 10.5. The van der Waals surface area contributed by atoms with E-state index in [1.807, 2.05) is 0 Å². The van der Waals surface area contributed by atoms with Gasteiger partial charge in [-0.15, -0.1) is 0 Å². The van der Waals surface area contributed by atoms with Crippen molar-refractivity contribution in [3.05, 3.63) is 63.4 Å². The van der Waals surface area contributed by atoms with Gasteiger partial charge in [-0.1, -0.05) is 0 Å². The zero-order valence-electron chi connectivity index (χ0n) is 9.38. The highest BCUT2D eigenvalue weighted by Gasteiger charge is 2.19. The molecule has 0 unspecified atom stereocenters. The first-order valence-corrected chi connectivity index (χ1v) is 5.93. The van der Waals surface area contributed by atoms with Crippen molar-refractivity contribution >= 4 is 27.4 Å². The Balaban J connectivity index is 2.53. The first-order valence-electron chi connectivity index (χ1n) is 5.14. The number of ketones is 1. The van der Waals surface area contributed by atoms with Crippen LogP contribution >= 0.6 is 15.9 Å². The third-order valence-corrected chi connectivity index (χ3v) is 3.12. The minimum atomic E-state index is -0.887. The highest BCUT2D eigenvalue weighted by Crippen LogP contribution is 2.24. The van der Waals surface area contributed by atoms with Crippen molar-refractivity contribution in [1.29, 1.82) is 0 Å². The average molecular weight is 330 g/mol. The predicted molar refractivity (Wildman–Crippen MR) is 68.3 cm³/mol. The molecule has 0 spiro atoms. The maximum absolute atomic E-state index is 13.6. The Morgan fingerprint density at radius 3 is 2.32 bits per heavy atom. The predicted octanol–water partition coefficient (Wildman–Crippen LogP) is 3.68. The van der Waals surface area contributed by atoms with Crippen molar-refractivity contribution in [2.45, 2.75) is 0 Å². The second-order valence-electron chi connectivity index (χ2n) is 3.81. The van der Waals surface area contributed by atoms with Gasteiger partial charge >= 0.3 is 0 Å². The number of nitrogens with two attached hydrogens (primary N) is 1. The lowest BCUT2D eigenvalue weighted by Gasteiger charge is -2.07. The lowest BCUT2D eigenvalue weighted by Crippen LogP contribution is -2.08. The SMILES string of the molecule is Nc1cc(F)ccc1C(=O)c1cc(F)c(Br)cc1F. The molecule has 0 aromatic heterocycles. The van der Waals surface area contributed by atoms with Crippen molar-refractivity contribution in [2.24, 2.45) is 0 Å². The van der Waals surface area contributed by atoms with Crippen LogP contribution in [0.25, 0.3) is 0 Å². The van der Waals surface area contributed by atoms with Gasteiger partial charge < -0.3 is 5.73 Å². The quantitative estimate of drug-likeness (QED) is 0.519. The summed E-state index contributed by atoms with van der Waals surface area (Å²) < 4.78 is 39.8. The number of anilines is 1. The molecule has 0 amide bonds. The summed E-state index contributed by atoms with van der Waals surface area (Å²) in [6.45, 7) is 0. The van der Waals surface area contributed by atoms with Crippen molar-refractivity contribution < 1.29 is 18.0 Å². The van der Waals surface area contributed by atoms with Crippen LogP contribution in [0.15, 0.2) is 34.8 Å².